The lowest BCUT2D eigenvalue weighted by atomic mass is 9.98. The molecule has 0 aromatic carbocycles. The van der Waals surface area contributed by atoms with E-state index in [2.05, 4.69) is 31.3 Å². The number of aliphatic hydroxyl groups excluding tert-OH is 7. The zero-order valence-corrected chi connectivity index (χ0v) is 37.0. The monoisotopic (exact) mass is 830 g/mol. The Morgan fingerprint density at radius 3 is 1.48 bits per heavy atom. The molecule has 1 heterocycles. The molecule has 58 heavy (non-hydrogen) atoms. The first-order valence-corrected chi connectivity index (χ1v) is 24.1. The van der Waals surface area contributed by atoms with Gasteiger partial charge in [-0.05, 0) is 38.5 Å². The van der Waals surface area contributed by atoms with E-state index in [1.165, 1.54) is 135 Å². The summed E-state index contributed by atoms with van der Waals surface area (Å²) in [7, 11) is 0. The molecule has 1 amide bonds. The van der Waals surface area contributed by atoms with Crippen molar-refractivity contribution in [3.63, 3.8) is 0 Å². The summed E-state index contributed by atoms with van der Waals surface area (Å²) >= 11 is 0. The van der Waals surface area contributed by atoms with Gasteiger partial charge in [0.1, 0.15) is 36.6 Å². The van der Waals surface area contributed by atoms with Gasteiger partial charge in [-0.15, -0.1) is 0 Å². The standard InChI is InChI=1S/C47H91NO10/c1-3-5-7-9-11-13-14-15-16-17-18-19-20-21-22-23-24-25-27-29-31-33-35-40(51)46(56)48-38(37-57-47-45(55)44(54)43(53)41(36-49)58-47)42(52)39(50)34-32-30-28-26-12-10-8-6-4-2/h26,28,38-45,47,49-55H,3-25,27,29-37H2,1-2H3,(H,48,56)/b28-26+. The topological polar surface area (TPSA) is 189 Å². The first kappa shape index (κ1) is 54.9. The van der Waals surface area contributed by atoms with Gasteiger partial charge in [-0.1, -0.05) is 187 Å². The molecule has 1 aliphatic heterocycles. The Morgan fingerprint density at radius 1 is 0.586 bits per heavy atom. The molecule has 0 aromatic heterocycles. The molecule has 0 radical (unpaired) electrons. The van der Waals surface area contributed by atoms with Gasteiger partial charge in [0, 0.05) is 0 Å². The average molecular weight is 830 g/mol. The van der Waals surface area contributed by atoms with Gasteiger partial charge in [0.15, 0.2) is 6.29 Å². The molecule has 11 nitrogen and oxygen atoms in total. The van der Waals surface area contributed by atoms with Crippen molar-refractivity contribution in [2.24, 2.45) is 0 Å². The molecule has 0 spiro atoms. The zero-order chi connectivity index (χ0) is 42.6. The van der Waals surface area contributed by atoms with Gasteiger partial charge in [-0.2, -0.15) is 0 Å². The molecule has 9 unspecified atom stereocenters. The third-order valence-corrected chi connectivity index (χ3v) is 11.8. The molecule has 0 saturated carbocycles. The highest BCUT2D eigenvalue weighted by molar-refractivity contribution is 5.80. The summed E-state index contributed by atoms with van der Waals surface area (Å²) in [6, 6.07) is -1.18. The summed E-state index contributed by atoms with van der Waals surface area (Å²) in [6.45, 7) is 3.39. The van der Waals surface area contributed by atoms with Crippen molar-refractivity contribution in [2.75, 3.05) is 13.2 Å². The second-order valence-corrected chi connectivity index (χ2v) is 17.2. The SMILES string of the molecule is CCCCCC/C=C/CCCC(O)C(O)C(COC1OC(CO)C(O)C(O)C1O)NC(=O)C(O)CCCCCCCCCCCCCCCCCCCCCCCC. The molecule has 1 fully saturated rings. The van der Waals surface area contributed by atoms with E-state index in [0.717, 1.165) is 38.5 Å². The average Bonchev–Trinajstić information content (AvgIpc) is 3.22. The maximum absolute atomic E-state index is 13.1. The van der Waals surface area contributed by atoms with Crippen LogP contribution in [-0.2, 0) is 14.3 Å². The Balaban J connectivity index is 2.33. The number of ether oxygens (including phenoxy) is 2. The van der Waals surface area contributed by atoms with Crippen molar-refractivity contribution >= 4 is 5.91 Å². The van der Waals surface area contributed by atoms with E-state index in [9.17, 15) is 40.5 Å². The fraction of sp³-hybridized carbons (Fsp3) is 0.936. The molecule has 1 saturated heterocycles. The molecule has 8 N–H and O–H groups in total. The molecule has 344 valence electrons. The third-order valence-electron chi connectivity index (χ3n) is 11.8. The second kappa shape index (κ2) is 37.6. The van der Waals surface area contributed by atoms with Crippen LogP contribution in [-0.4, -0.2) is 110 Å². The Morgan fingerprint density at radius 2 is 1.02 bits per heavy atom. The van der Waals surface area contributed by atoms with E-state index >= 15 is 0 Å². The zero-order valence-electron chi connectivity index (χ0n) is 37.0. The fourth-order valence-electron chi connectivity index (χ4n) is 7.79. The van der Waals surface area contributed by atoms with Gasteiger partial charge in [0.2, 0.25) is 5.91 Å². The normalized spacial score (nSPS) is 22.0. The second-order valence-electron chi connectivity index (χ2n) is 17.2. The van der Waals surface area contributed by atoms with E-state index in [4.69, 9.17) is 9.47 Å². The molecule has 0 bridgehead atoms. The summed E-state index contributed by atoms with van der Waals surface area (Å²) in [5.41, 5.74) is 0. The number of carbonyl (C=O) groups excluding carboxylic acids is 1. The summed E-state index contributed by atoms with van der Waals surface area (Å²) in [5, 5.41) is 75.4. The van der Waals surface area contributed by atoms with Gasteiger partial charge in [0.25, 0.3) is 0 Å². The fourth-order valence-corrected chi connectivity index (χ4v) is 7.79. The smallest absolute Gasteiger partial charge is 0.249 e. The lowest BCUT2D eigenvalue weighted by Gasteiger charge is -2.40. The number of nitrogens with one attached hydrogen (secondary N) is 1. The number of amides is 1. The minimum atomic E-state index is -1.66. The highest BCUT2D eigenvalue weighted by Gasteiger charge is 2.44. The highest BCUT2D eigenvalue weighted by Crippen LogP contribution is 2.23. The van der Waals surface area contributed by atoms with Crippen molar-refractivity contribution in [1.29, 1.82) is 0 Å². The van der Waals surface area contributed by atoms with Crippen molar-refractivity contribution in [2.45, 2.75) is 268 Å². The molecule has 9 atom stereocenters. The first-order chi connectivity index (χ1) is 28.2. The maximum Gasteiger partial charge on any atom is 0.249 e. The van der Waals surface area contributed by atoms with Crippen LogP contribution in [0.5, 0.6) is 0 Å². The molecular formula is C47H91NO10. The van der Waals surface area contributed by atoms with Crippen LogP contribution in [0.25, 0.3) is 0 Å². The number of aliphatic hydroxyl groups is 7. The highest BCUT2D eigenvalue weighted by atomic mass is 16.7. The van der Waals surface area contributed by atoms with Crippen LogP contribution >= 0.6 is 0 Å². The van der Waals surface area contributed by atoms with Crippen LogP contribution in [0.4, 0.5) is 0 Å². The van der Waals surface area contributed by atoms with E-state index in [-0.39, 0.29) is 12.8 Å². The van der Waals surface area contributed by atoms with Crippen LogP contribution in [0.15, 0.2) is 12.2 Å². The molecule has 0 aromatic rings. The Hall–Kier alpha value is -1.15. The summed E-state index contributed by atoms with van der Waals surface area (Å²) in [5.74, 6) is -0.705. The van der Waals surface area contributed by atoms with E-state index in [0.29, 0.717) is 12.8 Å². The van der Waals surface area contributed by atoms with Gasteiger partial charge in [0.05, 0.1) is 25.4 Å². The van der Waals surface area contributed by atoms with Gasteiger partial charge in [-0.25, -0.2) is 0 Å². The molecular weight excluding hydrogens is 739 g/mol. The number of allylic oxidation sites excluding steroid dienone is 2. The number of carbonyl (C=O) groups is 1. The van der Waals surface area contributed by atoms with Crippen molar-refractivity contribution in [3.05, 3.63) is 12.2 Å². The van der Waals surface area contributed by atoms with Crippen molar-refractivity contribution in [3.8, 4) is 0 Å². The Labute approximate surface area is 353 Å². The summed E-state index contributed by atoms with van der Waals surface area (Å²) in [6.07, 6.45) is 28.6. The minimum absolute atomic E-state index is 0.259. The van der Waals surface area contributed by atoms with Crippen molar-refractivity contribution < 1.29 is 50.0 Å². The minimum Gasteiger partial charge on any atom is -0.394 e. The van der Waals surface area contributed by atoms with Gasteiger partial charge in [-0.3, -0.25) is 4.79 Å². The largest absolute Gasteiger partial charge is 0.394 e. The number of hydrogen-bond acceptors (Lipinski definition) is 10. The predicted molar refractivity (Wildman–Crippen MR) is 233 cm³/mol. The molecule has 1 aliphatic rings. The number of rotatable bonds is 40. The van der Waals surface area contributed by atoms with E-state index in [1.807, 2.05) is 0 Å². The van der Waals surface area contributed by atoms with Crippen molar-refractivity contribution in [1.82, 2.24) is 5.32 Å². The number of hydrogen-bond donors (Lipinski definition) is 8. The predicted octanol–water partition coefficient (Wildman–Crippen LogP) is 8.06. The lowest BCUT2D eigenvalue weighted by Crippen LogP contribution is -2.60. The maximum atomic E-state index is 13.1. The van der Waals surface area contributed by atoms with Crippen LogP contribution in [0.3, 0.4) is 0 Å². The summed E-state index contributed by atoms with van der Waals surface area (Å²) < 4.78 is 11.1. The van der Waals surface area contributed by atoms with Crippen LogP contribution < -0.4 is 5.32 Å². The van der Waals surface area contributed by atoms with Crippen LogP contribution in [0.2, 0.25) is 0 Å². The quantitative estimate of drug-likeness (QED) is 0.0222. The Kier molecular flexibility index (Phi) is 35.6. The first-order valence-electron chi connectivity index (χ1n) is 24.1. The number of unbranched alkanes of at least 4 members (excludes halogenated alkanes) is 26. The van der Waals surface area contributed by atoms with Gasteiger partial charge < -0.3 is 50.5 Å². The molecule has 1 rings (SSSR count). The summed E-state index contributed by atoms with van der Waals surface area (Å²) in [4.78, 5) is 13.1. The van der Waals surface area contributed by atoms with Crippen LogP contribution in [0, 0.1) is 0 Å². The molecule has 11 heteroatoms. The lowest BCUT2D eigenvalue weighted by molar-refractivity contribution is -0.303. The van der Waals surface area contributed by atoms with E-state index < -0.39 is 74.2 Å². The Bertz CT molecular complexity index is 954. The molecule has 0 aliphatic carbocycles. The van der Waals surface area contributed by atoms with Crippen LogP contribution in [0.1, 0.15) is 213 Å². The van der Waals surface area contributed by atoms with Gasteiger partial charge >= 0.3 is 0 Å². The third kappa shape index (κ3) is 26.9. The van der Waals surface area contributed by atoms with E-state index in [1.54, 1.807) is 0 Å².